The van der Waals surface area contributed by atoms with Crippen LogP contribution >= 0.6 is 12.2 Å². The van der Waals surface area contributed by atoms with Gasteiger partial charge in [0.25, 0.3) is 0 Å². The van der Waals surface area contributed by atoms with Gasteiger partial charge in [0.1, 0.15) is 0 Å². The van der Waals surface area contributed by atoms with E-state index < -0.39 is 0 Å². The van der Waals surface area contributed by atoms with Crippen LogP contribution in [0.4, 0.5) is 0 Å². The summed E-state index contributed by atoms with van der Waals surface area (Å²) in [6.45, 7) is 10.1. The number of hydrogen-bond acceptors (Lipinski definition) is 1. The summed E-state index contributed by atoms with van der Waals surface area (Å²) in [7, 11) is 0. The van der Waals surface area contributed by atoms with Crippen LogP contribution in [0.15, 0.2) is 18.2 Å². The number of aryl methyl sites for hydroxylation is 1. The first kappa shape index (κ1) is 15.3. The third-order valence-electron chi connectivity index (χ3n) is 4.06. The fraction of sp³-hybridized carbons (Fsp3) is 0.588. The lowest BCUT2D eigenvalue weighted by atomic mass is 9.86. The van der Waals surface area contributed by atoms with E-state index in [-0.39, 0.29) is 5.41 Å². The fourth-order valence-electron chi connectivity index (χ4n) is 2.84. The van der Waals surface area contributed by atoms with Crippen LogP contribution in [0.25, 0.3) is 11.0 Å². The molecule has 0 aliphatic heterocycles. The van der Waals surface area contributed by atoms with E-state index in [0.29, 0.717) is 0 Å². The average Bonchev–Trinajstić information content (AvgIpc) is 2.68. The molecule has 1 heterocycles. The van der Waals surface area contributed by atoms with Crippen LogP contribution < -0.4 is 0 Å². The number of para-hydroxylation sites is 1. The van der Waals surface area contributed by atoms with Crippen LogP contribution in [0, 0.1) is 17.1 Å². The lowest BCUT2D eigenvalue weighted by Crippen LogP contribution is -2.19. The van der Waals surface area contributed by atoms with E-state index in [0.717, 1.165) is 11.3 Å². The lowest BCUT2D eigenvalue weighted by Gasteiger charge is -2.25. The van der Waals surface area contributed by atoms with E-state index in [4.69, 9.17) is 12.2 Å². The van der Waals surface area contributed by atoms with Crippen molar-refractivity contribution in [3.8, 4) is 0 Å². The summed E-state index contributed by atoms with van der Waals surface area (Å²) in [6, 6.07) is 6.40. The van der Waals surface area contributed by atoms with Gasteiger partial charge in [0.05, 0.1) is 11.0 Å². The molecule has 0 atom stereocenters. The minimum atomic E-state index is 0.284. The Balaban J connectivity index is 2.27. The smallest absolute Gasteiger partial charge is 0.178 e. The first-order chi connectivity index (χ1) is 9.44. The van der Waals surface area contributed by atoms with Gasteiger partial charge in [0.15, 0.2) is 4.77 Å². The van der Waals surface area contributed by atoms with Gasteiger partial charge in [-0.1, -0.05) is 52.2 Å². The topological polar surface area (TPSA) is 20.7 Å². The maximum atomic E-state index is 5.52. The molecule has 0 aliphatic rings. The second-order valence-corrected chi connectivity index (χ2v) is 6.99. The Morgan fingerprint density at radius 2 is 2.00 bits per heavy atom. The van der Waals surface area contributed by atoms with Crippen molar-refractivity contribution in [1.82, 2.24) is 9.55 Å². The van der Waals surface area contributed by atoms with Gasteiger partial charge >= 0.3 is 0 Å². The van der Waals surface area contributed by atoms with Gasteiger partial charge in [-0.2, -0.15) is 0 Å². The molecule has 0 saturated heterocycles. The Labute approximate surface area is 127 Å². The van der Waals surface area contributed by atoms with Crippen LogP contribution in [0.3, 0.4) is 0 Å². The normalized spacial score (nSPS) is 12.2. The number of aromatic amines is 1. The SMILES string of the molecule is CCCCCC(C)(C)Cn1c(=S)[nH]c2c(C)cccc21. The molecule has 0 aliphatic carbocycles. The summed E-state index contributed by atoms with van der Waals surface area (Å²) < 4.78 is 3.11. The van der Waals surface area contributed by atoms with Crippen molar-refractivity contribution in [3.63, 3.8) is 0 Å². The minimum Gasteiger partial charge on any atom is -0.330 e. The van der Waals surface area contributed by atoms with Crippen LogP contribution in [-0.4, -0.2) is 9.55 Å². The maximum Gasteiger partial charge on any atom is 0.178 e. The number of fused-ring (bicyclic) bond motifs is 1. The van der Waals surface area contributed by atoms with Gasteiger partial charge in [0.2, 0.25) is 0 Å². The number of unbranched alkanes of at least 4 members (excludes halogenated alkanes) is 2. The number of rotatable bonds is 6. The van der Waals surface area contributed by atoms with Crippen molar-refractivity contribution in [2.45, 2.75) is 59.9 Å². The summed E-state index contributed by atoms with van der Waals surface area (Å²) in [6.07, 6.45) is 5.16. The monoisotopic (exact) mass is 290 g/mol. The van der Waals surface area contributed by atoms with E-state index in [1.54, 1.807) is 0 Å². The predicted octanol–water partition coefficient (Wildman–Crippen LogP) is 5.61. The number of nitrogens with zero attached hydrogens (tertiary/aromatic N) is 1. The highest BCUT2D eigenvalue weighted by Gasteiger charge is 2.20. The largest absolute Gasteiger partial charge is 0.330 e. The second kappa shape index (κ2) is 6.13. The van der Waals surface area contributed by atoms with Crippen molar-refractivity contribution in [3.05, 3.63) is 28.5 Å². The zero-order valence-corrected chi connectivity index (χ0v) is 13.9. The molecule has 2 nitrogen and oxygen atoms in total. The molecule has 0 saturated carbocycles. The Hall–Kier alpha value is -1.09. The molecule has 110 valence electrons. The molecule has 20 heavy (non-hydrogen) atoms. The number of aromatic nitrogens is 2. The molecule has 2 aromatic rings. The maximum absolute atomic E-state index is 5.52. The molecule has 0 amide bonds. The first-order valence-electron chi connectivity index (χ1n) is 7.63. The van der Waals surface area contributed by atoms with E-state index in [1.165, 1.54) is 42.3 Å². The lowest BCUT2D eigenvalue weighted by molar-refractivity contribution is 0.273. The first-order valence-corrected chi connectivity index (χ1v) is 8.03. The molecule has 0 bridgehead atoms. The summed E-state index contributed by atoms with van der Waals surface area (Å²) in [5.41, 5.74) is 3.96. The number of nitrogens with one attached hydrogen (secondary N) is 1. The van der Waals surface area contributed by atoms with Gasteiger partial charge in [0, 0.05) is 6.54 Å². The van der Waals surface area contributed by atoms with Crippen LogP contribution in [0.1, 0.15) is 52.0 Å². The van der Waals surface area contributed by atoms with E-state index >= 15 is 0 Å². The molecule has 2 rings (SSSR count). The molecule has 0 fully saturated rings. The number of imidazole rings is 1. The molecule has 0 spiro atoms. The summed E-state index contributed by atoms with van der Waals surface area (Å²) >= 11 is 5.52. The molecule has 0 radical (unpaired) electrons. The van der Waals surface area contributed by atoms with E-state index in [9.17, 15) is 0 Å². The molecule has 1 aromatic carbocycles. The Kier molecular flexibility index (Phi) is 4.69. The average molecular weight is 290 g/mol. The highest BCUT2D eigenvalue weighted by atomic mass is 32.1. The van der Waals surface area contributed by atoms with Crippen LogP contribution in [0.2, 0.25) is 0 Å². The van der Waals surface area contributed by atoms with E-state index in [2.05, 4.69) is 55.4 Å². The fourth-order valence-corrected chi connectivity index (χ4v) is 3.11. The third kappa shape index (κ3) is 3.32. The van der Waals surface area contributed by atoms with E-state index in [1.807, 2.05) is 0 Å². The molecule has 3 heteroatoms. The standard InChI is InChI=1S/C17H26N2S/c1-5-6-7-11-17(3,4)12-19-14-10-8-9-13(2)15(14)18-16(19)20/h8-10H,5-7,11-12H2,1-4H3,(H,18,20). The number of hydrogen-bond donors (Lipinski definition) is 1. The number of H-pyrrole nitrogens is 1. The Morgan fingerprint density at radius 1 is 1.25 bits per heavy atom. The number of benzene rings is 1. The molecule has 1 N–H and O–H groups in total. The van der Waals surface area contributed by atoms with Crippen molar-refractivity contribution in [2.75, 3.05) is 0 Å². The quantitative estimate of drug-likeness (QED) is 0.541. The highest BCUT2D eigenvalue weighted by Crippen LogP contribution is 2.28. The summed E-state index contributed by atoms with van der Waals surface area (Å²) in [5.74, 6) is 0. The summed E-state index contributed by atoms with van der Waals surface area (Å²) in [5, 5.41) is 0. The van der Waals surface area contributed by atoms with Gasteiger partial charge < -0.3 is 9.55 Å². The molecule has 1 aromatic heterocycles. The van der Waals surface area contributed by atoms with Gasteiger partial charge in [-0.05, 0) is 42.6 Å². The van der Waals surface area contributed by atoms with Crippen molar-refractivity contribution >= 4 is 23.3 Å². The van der Waals surface area contributed by atoms with Crippen molar-refractivity contribution < 1.29 is 0 Å². The zero-order valence-electron chi connectivity index (χ0n) is 13.1. The summed E-state index contributed by atoms with van der Waals surface area (Å²) in [4.78, 5) is 3.36. The Bertz CT molecular complexity index is 634. The second-order valence-electron chi connectivity index (χ2n) is 6.61. The van der Waals surface area contributed by atoms with Crippen LogP contribution in [0.5, 0.6) is 0 Å². The predicted molar refractivity (Wildman–Crippen MR) is 89.8 cm³/mol. The van der Waals surface area contributed by atoms with Gasteiger partial charge in [-0.25, -0.2) is 0 Å². The van der Waals surface area contributed by atoms with Gasteiger partial charge in [-0.15, -0.1) is 0 Å². The zero-order chi connectivity index (χ0) is 14.8. The molecule has 0 unspecified atom stereocenters. The molecular weight excluding hydrogens is 264 g/mol. The van der Waals surface area contributed by atoms with Gasteiger partial charge in [-0.3, -0.25) is 0 Å². The highest BCUT2D eigenvalue weighted by molar-refractivity contribution is 7.71. The minimum absolute atomic E-state index is 0.284. The Morgan fingerprint density at radius 3 is 2.70 bits per heavy atom. The molecular formula is C17H26N2S. The third-order valence-corrected chi connectivity index (χ3v) is 4.38. The van der Waals surface area contributed by atoms with Crippen molar-refractivity contribution in [1.29, 1.82) is 0 Å². The van der Waals surface area contributed by atoms with Crippen molar-refractivity contribution in [2.24, 2.45) is 5.41 Å². The van der Waals surface area contributed by atoms with Crippen LogP contribution in [-0.2, 0) is 6.54 Å².